The number of amidine groups is 1. The number of rotatable bonds is 3. The van der Waals surface area contributed by atoms with E-state index in [-0.39, 0.29) is 6.02 Å². The van der Waals surface area contributed by atoms with Gasteiger partial charge >= 0.3 is 0 Å². The summed E-state index contributed by atoms with van der Waals surface area (Å²) in [6.45, 7) is -1.47. The molecule has 0 spiro atoms. The first-order valence-electron chi connectivity index (χ1n) is 7.75. The molecule has 0 aromatic rings. The molecule has 144 valence electrons. The van der Waals surface area contributed by atoms with E-state index in [1.165, 1.54) is 0 Å². The van der Waals surface area contributed by atoms with Gasteiger partial charge in [-0.3, -0.25) is 0 Å². The molecule has 0 amide bonds. The van der Waals surface area contributed by atoms with Crippen molar-refractivity contribution in [3.63, 3.8) is 0 Å². The van der Waals surface area contributed by atoms with Crippen molar-refractivity contribution in [2.45, 2.75) is 60.6 Å². The summed E-state index contributed by atoms with van der Waals surface area (Å²) in [4.78, 5) is 3.98. The van der Waals surface area contributed by atoms with Crippen LogP contribution in [0, 0.1) is 0 Å². The highest BCUT2D eigenvalue weighted by Gasteiger charge is 2.63. The second-order valence-electron chi connectivity index (χ2n) is 6.45. The van der Waals surface area contributed by atoms with Crippen molar-refractivity contribution in [2.75, 3.05) is 13.2 Å². The van der Waals surface area contributed by atoms with Crippen molar-refractivity contribution in [1.29, 1.82) is 0 Å². The van der Waals surface area contributed by atoms with Crippen LogP contribution in [0.2, 0.25) is 0 Å². The Balaban J connectivity index is 1.78. The molecule has 0 aromatic carbocycles. The van der Waals surface area contributed by atoms with Crippen LogP contribution in [-0.2, 0) is 9.47 Å². The lowest BCUT2D eigenvalue weighted by atomic mass is 9.96. The highest BCUT2D eigenvalue weighted by Crippen LogP contribution is 2.38. The molecule has 0 unspecified atom stereocenters. The number of aliphatic hydroxyl groups is 8. The number of ether oxygens (including phenoxy) is 2. The molecule has 1 aliphatic carbocycles. The van der Waals surface area contributed by atoms with Crippen molar-refractivity contribution >= 4 is 6.02 Å². The molecular formula is C13H22N2O10. The van der Waals surface area contributed by atoms with E-state index < -0.39 is 73.8 Å². The Labute approximate surface area is 141 Å². The van der Waals surface area contributed by atoms with Gasteiger partial charge in [0.05, 0.1) is 19.3 Å². The van der Waals surface area contributed by atoms with Crippen molar-refractivity contribution in [3.8, 4) is 0 Å². The molecule has 0 radical (unpaired) electrons. The van der Waals surface area contributed by atoms with Gasteiger partial charge in [0, 0.05) is 0 Å². The molecule has 9 N–H and O–H groups in total. The third-order valence-electron chi connectivity index (χ3n) is 4.95. The Morgan fingerprint density at radius 3 is 2.32 bits per heavy atom. The third-order valence-corrected chi connectivity index (χ3v) is 4.95. The lowest BCUT2D eigenvalue weighted by Gasteiger charge is -2.40. The van der Waals surface area contributed by atoms with Crippen LogP contribution in [-0.4, -0.2) is 121 Å². The van der Waals surface area contributed by atoms with E-state index in [2.05, 4.69) is 10.3 Å². The van der Waals surface area contributed by atoms with Crippen LogP contribution in [0.4, 0.5) is 0 Å². The second-order valence-corrected chi connectivity index (χ2v) is 6.45. The SMILES string of the molecule is OC[C@H]1O[C@@H](O)[C@H](O)[C@@H](O)[C@@H]1NC1=N[C@@H]2[C@H](O1)[C@@H](O)[C@H](O)[C@]2(O)CO. The number of nitrogens with zero attached hydrogens (tertiary/aromatic N) is 1. The number of nitrogens with one attached hydrogen (secondary N) is 1. The zero-order valence-corrected chi connectivity index (χ0v) is 13.0. The van der Waals surface area contributed by atoms with Crippen LogP contribution in [0.5, 0.6) is 0 Å². The van der Waals surface area contributed by atoms with Gasteiger partial charge in [-0.1, -0.05) is 0 Å². The fraction of sp³-hybridized carbons (Fsp3) is 0.923. The predicted molar refractivity (Wildman–Crippen MR) is 77.0 cm³/mol. The number of aliphatic imine (C=N–C) groups is 1. The van der Waals surface area contributed by atoms with E-state index >= 15 is 0 Å². The number of aliphatic hydroxyl groups excluding tert-OH is 7. The normalized spacial score (nSPS) is 52.5. The molecular weight excluding hydrogens is 344 g/mol. The van der Waals surface area contributed by atoms with E-state index in [0.29, 0.717) is 0 Å². The summed E-state index contributed by atoms with van der Waals surface area (Å²) in [5.41, 5.74) is -2.11. The van der Waals surface area contributed by atoms with Crippen molar-refractivity contribution in [1.82, 2.24) is 5.32 Å². The van der Waals surface area contributed by atoms with Crippen LogP contribution in [0.3, 0.4) is 0 Å². The maximum Gasteiger partial charge on any atom is 0.285 e. The number of hydrogen-bond acceptors (Lipinski definition) is 12. The lowest BCUT2D eigenvalue weighted by molar-refractivity contribution is -0.261. The maximum atomic E-state index is 10.3. The van der Waals surface area contributed by atoms with Gasteiger partial charge in [-0.05, 0) is 0 Å². The van der Waals surface area contributed by atoms with Gasteiger partial charge in [0.15, 0.2) is 12.4 Å². The molecule has 0 aromatic heterocycles. The van der Waals surface area contributed by atoms with E-state index in [0.717, 1.165) is 0 Å². The van der Waals surface area contributed by atoms with E-state index in [1.807, 2.05) is 0 Å². The van der Waals surface area contributed by atoms with E-state index in [1.54, 1.807) is 0 Å². The van der Waals surface area contributed by atoms with Crippen LogP contribution in [0.25, 0.3) is 0 Å². The van der Waals surface area contributed by atoms with Gasteiger partial charge in [-0.15, -0.1) is 0 Å². The largest absolute Gasteiger partial charge is 0.457 e. The zero-order valence-electron chi connectivity index (χ0n) is 13.0. The van der Waals surface area contributed by atoms with Crippen molar-refractivity contribution in [2.24, 2.45) is 4.99 Å². The molecule has 1 saturated carbocycles. The molecule has 25 heavy (non-hydrogen) atoms. The lowest BCUT2D eigenvalue weighted by Crippen LogP contribution is -2.64. The Morgan fingerprint density at radius 2 is 1.72 bits per heavy atom. The first-order chi connectivity index (χ1) is 11.7. The Morgan fingerprint density at radius 1 is 1.04 bits per heavy atom. The Hall–Kier alpha value is -1.09. The Kier molecular flexibility index (Phi) is 4.91. The summed E-state index contributed by atoms with van der Waals surface area (Å²) < 4.78 is 10.3. The number of hydrogen-bond donors (Lipinski definition) is 9. The summed E-state index contributed by atoms with van der Waals surface area (Å²) >= 11 is 0. The summed E-state index contributed by atoms with van der Waals surface area (Å²) in [6.07, 6.45) is -10.3. The first kappa shape index (κ1) is 18.7. The van der Waals surface area contributed by atoms with Crippen LogP contribution < -0.4 is 5.32 Å². The van der Waals surface area contributed by atoms with Gasteiger partial charge in [-0.2, -0.15) is 0 Å². The smallest absolute Gasteiger partial charge is 0.285 e. The predicted octanol–water partition coefficient (Wildman–Crippen LogP) is -6.04. The minimum atomic E-state index is -2.11. The van der Waals surface area contributed by atoms with Gasteiger partial charge in [0.2, 0.25) is 0 Å². The molecule has 10 atom stereocenters. The van der Waals surface area contributed by atoms with Crippen LogP contribution >= 0.6 is 0 Å². The van der Waals surface area contributed by atoms with Crippen LogP contribution in [0.1, 0.15) is 0 Å². The van der Waals surface area contributed by atoms with E-state index in [4.69, 9.17) is 9.47 Å². The van der Waals surface area contributed by atoms with Crippen molar-refractivity contribution in [3.05, 3.63) is 0 Å². The molecule has 3 rings (SSSR count). The molecule has 1 saturated heterocycles. The van der Waals surface area contributed by atoms with Gasteiger partial charge < -0.3 is 55.6 Å². The summed E-state index contributed by atoms with van der Waals surface area (Å²) in [5, 5.41) is 80.5. The van der Waals surface area contributed by atoms with E-state index in [9.17, 15) is 40.9 Å². The summed E-state index contributed by atoms with van der Waals surface area (Å²) in [5.74, 6) is 0. The van der Waals surface area contributed by atoms with Crippen LogP contribution in [0.15, 0.2) is 4.99 Å². The standard InChI is InChI=1S/C13H22N2O10/c16-1-3-4(5(18)6(19)11(22)24-3)14-12-15-9-8(25-12)7(20)10(21)13(9,23)2-17/h3-11,16-23H,1-2H2,(H,14,15)/t3-,4-,5+,6-,7-,8-,9-,10+,11-,13+/m1/s1. The molecule has 0 bridgehead atoms. The molecule has 2 heterocycles. The maximum absolute atomic E-state index is 10.3. The molecule has 12 heteroatoms. The highest BCUT2D eigenvalue weighted by atomic mass is 16.6. The quantitative estimate of drug-likeness (QED) is 0.230. The average Bonchev–Trinajstić information content (AvgIpc) is 3.10. The van der Waals surface area contributed by atoms with Gasteiger partial charge in [0.25, 0.3) is 6.02 Å². The second kappa shape index (κ2) is 6.57. The first-order valence-corrected chi connectivity index (χ1v) is 7.75. The average molecular weight is 366 g/mol. The topological polar surface area (TPSA) is 205 Å². The summed E-state index contributed by atoms with van der Waals surface area (Å²) in [6, 6.07) is -2.54. The summed E-state index contributed by atoms with van der Waals surface area (Å²) in [7, 11) is 0. The monoisotopic (exact) mass is 366 g/mol. The number of fused-ring (bicyclic) bond motifs is 1. The molecule has 12 nitrogen and oxygen atoms in total. The highest BCUT2D eigenvalue weighted by molar-refractivity contribution is 5.77. The minimum Gasteiger partial charge on any atom is -0.457 e. The third kappa shape index (κ3) is 2.79. The van der Waals surface area contributed by atoms with Gasteiger partial charge in [-0.25, -0.2) is 4.99 Å². The Bertz CT molecular complexity index is 533. The molecule has 2 fully saturated rings. The zero-order chi connectivity index (χ0) is 18.5. The van der Waals surface area contributed by atoms with Crippen molar-refractivity contribution < 1.29 is 50.3 Å². The van der Waals surface area contributed by atoms with Gasteiger partial charge in [0.1, 0.15) is 42.2 Å². The molecule has 2 aliphatic heterocycles. The minimum absolute atomic E-state index is 0.248. The molecule has 3 aliphatic rings. The fourth-order valence-corrected chi connectivity index (χ4v) is 3.41. The fourth-order valence-electron chi connectivity index (χ4n) is 3.41.